The summed E-state index contributed by atoms with van der Waals surface area (Å²) in [6.45, 7) is 4.06. The van der Waals surface area contributed by atoms with Crippen LogP contribution in [0.25, 0.3) is 0 Å². The number of carboxylic acids is 1. The van der Waals surface area contributed by atoms with E-state index in [1.807, 2.05) is 36.1 Å². The Bertz CT molecular complexity index is 430. The van der Waals surface area contributed by atoms with Crippen LogP contribution in [0.4, 0.5) is 5.69 Å². The highest BCUT2D eigenvalue weighted by molar-refractivity contribution is 5.83. The van der Waals surface area contributed by atoms with Gasteiger partial charge in [0.1, 0.15) is 5.92 Å². The first-order chi connectivity index (χ1) is 8.02. The highest BCUT2D eigenvalue weighted by Crippen LogP contribution is 2.37. The van der Waals surface area contributed by atoms with Gasteiger partial charge in [0.15, 0.2) is 0 Å². The Morgan fingerprint density at radius 1 is 1.41 bits per heavy atom. The lowest BCUT2D eigenvalue weighted by atomic mass is 10.0. The lowest BCUT2D eigenvalue weighted by Gasteiger charge is -2.29. The molecule has 1 heterocycles. The Balaban J connectivity index is 2.38. The molecule has 0 spiro atoms. The zero-order chi connectivity index (χ0) is 12.6. The molecule has 92 valence electrons. The molecule has 2 rings (SSSR count). The fourth-order valence-electron chi connectivity index (χ4n) is 2.29. The molecule has 0 fully saturated rings. The first-order valence-corrected chi connectivity index (χ1v) is 5.78. The van der Waals surface area contributed by atoms with Crippen LogP contribution in [-0.2, 0) is 4.79 Å². The van der Waals surface area contributed by atoms with E-state index in [0.717, 1.165) is 11.3 Å². The number of carbonyl (C=O) groups is 1. The molecular formula is C13H17NO3. The van der Waals surface area contributed by atoms with Crippen LogP contribution in [0, 0.1) is 0 Å². The van der Waals surface area contributed by atoms with Crippen molar-refractivity contribution >= 4 is 11.7 Å². The van der Waals surface area contributed by atoms with Crippen LogP contribution in [-0.4, -0.2) is 34.9 Å². The second kappa shape index (κ2) is 4.37. The fourth-order valence-corrected chi connectivity index (χ4v) is 2.29. The van der Waals surface area contributed by atoms with E-state index in [1.165, 1.54) is 0 Å². The predicted molar refractivity (Wildman–Crippen MR) is 65.3 cm³/mol. The summed E-state index contributed by atoms with van der Waals surface area (Å²) in [4.78, 5) is 13.2. The summed E-state index contributed by atoms with van der Waals surface area (Å²) >= 11 is 0. The number of aliphatic carboxylic acids is 1. The summed E-state index contributed by atoms with van der Waals surface area (Å²) in [5.41, 5.74) is 1.76. The molecule has 3 atom stereocenters. The summed E-state index contributed by atoms with van der Waals surface area (Å²) in [5, 5.41) is 18.9. The lowest BCUT2D eigenvalue weighted by molar-refractivity contribution is -0.138. The summed E-state index contributed by atoms with van der Waals surface area (Å²) < 4.78 is 0. The number of aliphatic hydroxyl groups excluding tert-OH is 1. The molecule has 0 saturated carbocycles. The van der Waals surface area contributed by atoms with Gasteiger partial charge in [-0.2, -0.15) is 0 Å². The third kappa shape index (κ3) is 2.00. The molecule has 4 heteroatoms. The molecule has 0 bridgehead atoms. The number of anilines is 1. The fraction of sp³-hybridized carbons (Fsp3) is 0.462. The second-order valence-corrected chi connectivity index (χ2v) is 4.58. The minimum atomic E-state index is -0.808. The van der Waals surface area contributed by atoms with Gasteiger partial charge < -0.3 is 15.1 Å². The SMILES string of the molecule is CC(O)C(C)N1CC(C(=O)O)c2ccccc21. The van der Waals surface area contributed by atoms with E-state index < -0.39 is 18.0 Å². The molecule has 1 aromatic carbocycles. The highest BCUT2D eigenvalue weighted by Gasteiger charge is 2.36. The van der Waals surface area contributed by atoms with Crippen molar-refractivity contribution in [3.8, 4) is 0 Å². The third-order valence-corrected chi connectivity index (χ3v) is 3.49. The Morgan fingerprint density at radius 2 is 2.06 bits per heavy atom. The highest BCUT2D eigenvalue weighted by atomic mass is 16.4. The number of nitrogens with zero attached hydrogens (tertiary/aromatic N) is 1. The van der Waals surface area contributed by atoms with Crippen molar-refractivity contribution in [2.45, 2.75) is 31.9 Å². The first kappa shape index (κ1) is 11.9. The molecule has 0 aliphatic carbocycles. The van der Waals surface area contributed by atoms with E-state index in [1.54, 1.807) is 6.92 Å². The zero-order valence-corrected chi connectivity index (χ0v) is 10.00. The van der Waals surface area contributed by atoms with Crippen molar-refractivity contribution in [3.63, 3.8) is 0 Å². The normalized spacial score (nSPS) is 22.1. The predicted octanol–water partition coefficient (Wildman–Crippen LogP) is 1.44. The van der Waals surface area contributed by atoms with Crippen LogP contribution in [0.5, 0.6) is 0 Å². The second-order valence-electron chi connectivity index (χ2n) is 4.58. The average Bonchev–Trinajstić information content (AvgIpc) is 2.67. The van der Waals surface area contributed by atoms with Crippen LogP contribution in [0.3, 0.4) is 0 Å². The Hall–Kier alpha value is -1.55. The van der Waals surface area contributed by atoms with Gasteiger partial charge in [-0.15, -0.1) is 0 Å². The van der Waals surface area contributed by atoms with E-state index >= 15 is 0 Å². The Labute approximate surface area is 100 Å². The van der Waals surface area contributed by atoms with Crippen LogP contribution < -0.4 is 4.90 Å². The summed E-state index contributed by atoms with van der Waals surface area (Å²) in [7, 11) is 0. The van der Waals surface area contributed by atoms with Crippen LogP contribution in [0.2, 0.25) is 0 Å². The quantitative estimate of drug-likeness (QED) is 0.832. The minimum absolute atomic E-state index is 0.0829. The van der Waals surface area contributed by atoms with Gasteiger partial charge in [0.2, 0.25) is 0 Å². The number of rotatable bonds is 3. The standard InChI is InChI=1S/C13H17NO3/c1-8(9(2)15)14-7-11(13(16)17)10-5-3-4-6-12(10)14/h3-6,8-9,11,15H,7H2,1-2H3,(H,16,17). The summed E-state index contributed by atoms with van der Waals surface area (Å²) in [6, 6.07) is 7.43. The third-order valence-electron chi connectivity index (χ3n) is 3.49. The number of benzene rings is 1. The van der Waals surface area contributed by atoms with Gasteiger partial charge in [0, 0.05) is 12.2 Å². The largest absolute Gasteiger partial charge is 0.481 e. The van der Waals surface area contributed by atoms with E-state index in [-0.39, 0.29) is 6.04 Å². The van der Waals surface area contributed by atoms with Gasteiger partial charge in [0.25, 0.3) is 0 Å². The van der Waals surface area contributed by atoms with E-state index in [9.17, 15) is 15.0 Å². The van der Waals surface area contributed by atoms with Gasteiger partial charge in [0.05, 0.1) is 12.1 Å². The van der Waals surface area contributed by atoms with Gasteiger partial charge in [-0.25, -0.2) is 0 Å². The molecule has 0 amide bonds. The molecule has 1 aliphatic rings. The van der Waals surface area contributed by atoms with Crippen molar-refractivity contribution in [1.29, 1.82) is 0 Å². The number of para-hydroxylation sites is 1. The molecule has 0 aromatic heterocycles. The van der Waals surface area contributed by atoms with Crippen LogP contribution in [0.1, 0.15) is 25.3 Å². The van der Waals surface area contributed by atoms with Crippen molar-refractivity contribution in [2.24, 2.45) is 0 Å². The Morgan fingerprint density at radius 3 is 2.65 bits per heavy atom. The monoisotopic (exact) mass is 235 g/mol. The van der Waals surface area contributed by atoms with E-state index in [2.05, 4.69) is 0 Å². The first-order valence-electron chi connectivity index (χ1n) is 5.78. The average molecular weight is 235 g/mol. The summed E-state index contributed by atoms with van der Waals surface area (Å²) in [5.74, 6) is -1.30. The topological polar surface area (TPSA) is 60.8 Å². The van der Waals surface area contributed by atoms with E-state index in [4.69, 9.17) is 0 Å². The smallest absolute Gasteiger partial charge is 0.312 e. The van der Waals surface area contributed by atoms with Gasteiger partial charge in [-0.05, 0) is 25.5 Å². The minimum Gasteiger partial charge on any atom is -0.481 e. The molecule has 0 saturated heterocycles. The molecule has 0 radical (unpaired) electrons. The number of hydrogen-bond donors (Lipinski definition) is 2. The molecule has 1 aliphatic heterocycles. The van der Waals surface area contributed by atoms with Gasteiger partial charge in [-0.1, -0.05) is 18.2 Å². The maximum atomic E-state index is 11.2. The number of hydrogen-bond acceptors (Lipinski definition) is 3. The molecule has 3 unspecified atom stereocenters. The van der Waals surface area contributed by atoms with Crippen molar-refractivity contribution in [1.82, 2.24) is 0 Å². The number of carboxylic acid groups (broad SMARTS) is 1. The number of aliphatic hydroxyl groups is 1. The maximum absolute atomic E-state index is 11.2. The zero-order valence-electron chi connectivity index (χ0n) is 10.00. The van der Waals surface area contributed by atoms with Crippen molar-refractivity contribution in [2.75, 3.05) is 11.4 Å². The maximum Gasteiger partial charge on any atom is 0.312 e. The molecular weight excluding hydrogens is 218 g/mol. The van der Waals surface area contributed by atoms with Crippen molar-refractivity contribution in [3.05, 3.63) is 29.8 Å². The van der Waals surface area contributed by atoms with Gasteiger partial charge in [-0.3, -0.25) is 4.79 Å². The van der Waals surface area contributed by atoms with Gasteiger partial charge >= 0.3 is 5.97 Å². The lowest BCUT2D eigenvalue weighted by Crippen LogP contribution is -2.40. The van der Waals surface area contributed by atoms with Crippen molar-refractivity contribution < 1.29 is 15.0 Å². The van der Waals surface area contributed by atoms with Crippen LogP contribution in [0.15, 0.2) is 24.3 Å². The summed E-state index contributed by atoms with van der Waals surface area (Å²) in [6.07, 6.45) is -0.490. The van der Waals surface area contributed by atoms with Crippen LogP contribution >= 0.6 is 0 Å². The molecule has 1 aromatic rings. The molecule has 4 nitrogen and oxygen atoms in total. The number of fused-ring (bicyclic) bond motifs is 1. The van der Waals surface area contributed by atoms with E-state index in [0.29, 0.717) is 6.54 Å². The molecule has 2 N–H and O–H groups in total. The Kier molecular flexibility index (Phi) is 3.07. The molecule has 17 heavy (non-hydrogen) atoms.